The third-order valence-corrected chi connectivity index (χ3v) is 1.70. The molecule has 0 spiro atoms. The maximum Gasteiger partial charge on any atom is 0.249 e. The van der Waals surface area contributed by atoms with Crippen molar-refractivity contribution in [1.29, 1.82) is 0 Å². The Morgan fingerprint density at radius 3 is 2.55 bits per heavy atom. The lowest BCUT2D eigenvalue weighted by Gasteiger charge is -2.12. The molecule has 1 heterocycles. The summed E-state index contributed by atoms with van der Waals surface area (Å²) in [4.78, 5) is 10.7. The Bertz CT molecular complexity index is 161. The van der Waals surface area contributed by atoms with Crippen LogP contribution in [0.1, 0.15) is 6.42 Å². The van der Waals surface area contributed by atoms with Crippen molar-refractivity contribution in [3.8, 4) is 0 Å². The minimum atomic E-state index is -1.21. The van der Waals surface area contributed by atoms with Gasteiger partial charge < -0.3 is 20.6 Å². The molecule has 0 aromatic carbocycles. The third kappa shape index (κ3) is 1.89. The van der Waals surface area contributed by atoms with Gasteiger partial charge in [-0.1, -0.05) is 0 Å². The van der Waals surface area contributed by atoms with E-state index in [4.69, 9.17) is 15.3 Å². The molecule has 0 aromatic heterocycles. The molecule has 64 valence electrons. The predicted octanol–water partition coefficient (Wildman–Crippen LogP) is -2.41. The molecular formula is C6H11NO4. The molecule has 1 saturated heterocycles. The number of carbonyl (C=O) groups is 1. The van der Waals surface area contributed by atoms with Crippen molar-refractivity contribution in [1.82, 2.24) is 5.32 Å². The van der Waals surface area contributed by atoms with Crippen molar-refractivity contribution in [2.75, 3.05) is 6.54 Å². The van der Waals surface area contributed by atoms with Gasteiger partial charge in [0.25, 0.3) is 0 Å². The van der Waals surface area contributed by atoms with E-state index in [9.17, 15) is 4.79 Å². The molecule has 3 atom stereocenters. The van der Waals surface area contributed by atoms with Crippen LogP contribution in [0.15, 0.2) is 0 Å². The van der Waals surface area contributed by atoms with E-state index in [0.29, 0.717) is 0 Å². The normalized spacial score (nSPS) is 39.5. The molecule has 0 unspecified atom stereocenters. The summed E-state index contributed by atoms with van der Waals surface area (Å²) in [5.74, 6) is -0.541. The first kappa shape index (κ1) is 8.45. The summed E-state index contributed by atoms with van der Waals surface area (Å²) < 4.78 is 0. The van der Waals surface area contributed by atoms with Crippen LogP contribution in [0.3, 0.4) is 0 Å². The fraction of sp³-hybridized carbons (Fsp3) is 0.833. The molecule has 1 aliphatic heterocycles. The molecule has 1 fully saturated rings. The lowest BCUT2D eigenvalue weighted by molar-refractivity contribution is -0.129. The average molecular weight is 161 g/mol. The topological polar surface area (TPSA) is 89.8 Å². The maximum absolute atomic E-state index is 10.7. The quantitative estimate of drug-likeness (QED) is 0.318. The highest BCUT2D eigenvalue weighted by molar-refractivity contribution is 5.80. The lowest BCUT2D eigenvalue weighted by atomic mass is 10.1. The van der Waals surface area contributed by atoms with Crippen molar-refractivity contribution in [3.63, 3.8) is 0 Å². The Labute approximate surface area is 63.7 Å². The number of rotatable bonds is 0. The number of aliphatic hydroxyl groups is 3. The molecular weight excluding hydrogens is 150 g/mol. The maximum atomic E-state index is 10.7. The molecule has 5 nitrogen and oxygen atoms in total. The van der Waals surface area contributed by atoms with Gasteiger partial charge in [0.2, 0.25) is 5.91 Å². The van der Waals surface area contributed by atoms with Crippen LogP contribution in [0.5, 0.6) is 0 Å². The van der Waals surface area contributed by atoms with Gasteiger partial charge >= 0.3 is 0 Å². The molecule has 5 heteroatoms. The number of carbonyl (C=O) groups excluding carboxylic acids is 1. The predicted molar refractivity (Wildman–Crippen MR) is 35.6 cm³/mol. The Balaban J connectivity index is 2.58. The first-order chi connectivity index (χ1) is 5.11. The van der Waals surface area contributed by atoms with Gasteiger partial charge in [-0.3, -0.25) is 4.79 Å². The highest BCUT2D eigenvalue weighted by Gasteiger charge is 2.28. The van der Waals surface area contributed by atoms with Crippen LogP contribution in [0.4, 0.5) is 0 Å². The van der Waals surface area contributed by atoms with Gasteiger partial charge in [0.05, 0.1) is 12.2 Å². The van der Waals surface area contributed by atoms with Crippen LogP contribution in [-0.4, -0.2) is 46.1 Å². The molecule has 1 amide bonds. The summed E-state index contributed by atoms with van der Waals surface area (Å²) in [6.45, 7) is -0.00292. The van der Waals surface area contributed by atoms with Crippen LogP contribution in [-0.2, 0) is 4.79 Å². The van der Waals surface area contributed by atoms with Crippen LogP contribution in [0.25, 0.3) is 0 Å². The highest BCUT2D eigenvalue weighted by Crippen LogP contribution is 2.06. The number of β-amino-alcohol motifs (C(OH)–C–C–N with tert-alkyl or cyclic N) is 1. The van der Waals surface area contributed by atoms with Gasteiger partial charge in [0, 0.05) is 13.0 Å². The zero-order valence-electron chi connectivity index (χ0n) is 5.90. The first-order valence-electron chi connectivity index (χ1n) is 3.43. The van der Waals surface area contributed by atoms with E-state index in [-0.39, 0.29) is 13.0 Å². The first-order valence-corrected chi connectivity index (χ1v) is 3.43. The average Bonchev–Trinajstić information content (AvgIpc) is 2.05. The van der Waals surface area contributed by atoms with Gasteiger partial charge in [0.15, 0.2) is 0 Å². The number of nitrogens with one attached hydrogen (secondary N) is 1. The minimum Gasteiger partial charge on any atom is -0.390 e. The van der Waals surface area contributed by atoms with Crippen LogP contribution >= 0.6 is 0 Å². The summed E-state index contributed by atoms with van der Waals surface area (Å²) in [5.41, 5.74) is 0. The molecule has 11 heavy (non-hydrogen) atoms. The molecule has 1 rings (SSSR count). The summed E-state index contributed by atoms with van der Waals surface area (Å²) >= 11 is 0. The molecule has 0 radical (unpaired) electrons. The second kappa shape index (κ2) is 3.17. The van der Waals surface area contributed by atoms with Crippen molar-refractivity contribution < 1.29 is 20.1 Å². The third-order valence-electron chi connectivity index (χ3n) is 1.70. The second-order valence-corrected chi connectivity index (χ2v) is 2.63. The molecule has 0 aromatic rings. The SMILES string of the molecule is O=C1NC[C@@H](O)[C@@H](O)C[C@H]1O. The minimum absolute atomic E-state index is 0.00292. The summed E-state index contributed by atoms with van der Waals surface area (Å²) in [5, 5.41) is 29.3. The van der Waals surface area contributed by atoms with Gasteiger partial charge in [-0.2, -0.15) is 0 Å². The van der Waals surface area contributed by atoms with E-state index in [2.05, 4.69) is 5.32 Å². The zero-order valence-corrected chi connectivity index (χ0v) is 5.90. The standard InChI is InChI=1S/C6H11NO4/c8-3-1-4(9)6(11)7-2-5(3)10/h3-5,8-10H,1-2H2,(H,7,11)/t3-,4+,5+/m0/s1. The van der Waals surface area contributed by atoms with E-state index < -0.39 is 24.2 Å². The Morgan fingerprint density at radius 2 is 1.91 bits per heavy atom. The van der Waals surface area contributed by atoms with Crippen molar-refractivity contribution in [3.05, 3.63) is 0 Å². The fourth-order valence-electron chi connectivity index (χ4n) is 0.952. The summed E-state index contributed by atoms with van der Waals surface area (Å²) in [7, 11) is 0. The van der Waals surface area contributed by atoms with Crippen molar-refractivity contribution in [2.24, 2.45) is 0 Å². The Hall–Kier alpha value is -0.650. The number of hydrogen-bond donors (Lipinski definition) is 4. The van der Waals surface area contributed by atoms with Crippen molar-refractivity contribution in [2.45, 2.75) is 24.7 Å². The van der Waals surface area contributed by atoms with E-state index in [0.717, 1.165) is 0 Å². The summed E-state index contributed by atoms with van der Waals surface area (Å²) in [6, 6.07) is 0. The molecule has 1 aliphatic rings. The fourth-order valence-corrected chi connectivity index (χ4v) is 0.952. The summed E-state index contributed by atoms with van der Waals surface area (Å²) in [6.07, 6.45) is -3.31. The number of amides is 1. The van der Waals surface area contributed by atoms with E-state index in [1.54, 1.807) is 0 Å². The van der Waals surface area contributed by atoms with Gasteiger partial charge in [0.1, 0.15) is 6.10 Å². The number of aliphatic hydroxyl groups excluding tert-OH is 3. The Kier molecular flexibility index (Phi) is 2.43. The highest BCUT2D eigenvalue weighted by atomic mass is 16.3. The molecule has 0 saturated carbocycles. The number of hydrogen-bond acceptors (Lipinski definition) is 4. The molecule has 4 N–H and O–H groups in total. The van der Waals surface area contributed by atoms with Gasteiger partial charge in [-0.25, -0.2) is 0 Å². The van der Waals surface area contributed by atoms with Crippen LogP contribution in [0, 0.1) is 0 Å². The molecule has 0 aliphatic carbocycles. The van der Waals surface area contributed by atoms with Crippen LogP contribution < -0.4 is 5.32 Å². The largest absolute Gasteiger partial charge is 0.390 e. The van der Waals surface area contributed by atoms with E-state index in [1.807, 2.05) is 0 Å². The van der Waals surface area contributed by atoms with E-state index >= 15 is 0 Å². The van der Waals surface area contributed by atoms with E-state index in [1.165, 1.54) is 0 Å². The second-order valence-electron chi connectivity index (χ2n) is 2.63. The Morgan fingerprint density at radius 1 is 1.27 bits per heavy atom. The van der Waals surface area contributed by atoms with Crippen molar-refractivity contribution >= 4 is 5.91 Å². The van der Waals surface area contributed by atoms with Crippen LogP contribution in [0.2, 0.25) is 0 Å². The molecule has 0 bridgehead atoms. The monoisotopic (exact) mass is 161 g/mol. The van der Waals surface area contributed by atoms with Gasteiger partial charge in [-0.05, 0) is 0 Å². The lowest BCUT2D eigenvalue weighted by Crippen LogP contribution is -2.35. The van der Waals surface area contributed by atoms with Gasteiger partial charge in [-0.15, -0.1) is 0 Å². The smallest absolute Gasteiger partial charge is 0.249 e. The zero-order chi connectivity index (χ0) is 8.43.